The van der Waals surface area contributed by atoms with E-state index in [1.807, 2.05) is 0 Å². The molecular weight excluding hydrogens is 282 g/mol. The van der Waals surface area contributed by atoms with E-state index in [4.69, 9.17) is 4.74 Å². The molecule has 0 N–H and O–H groups in total. The van der Waals surface area contributed by atoms with Gasteiger partial charge in [-0.15, -0.1) is 0 Å². The van der Waals surface area contributed by atoms with E-state index in [0.717, 1.165) is 31.6 Å². The Bertz CT molecular complexity index is 400. The molecule has 0 bridgehead atoms. The highest BCUT2D eigenvalue weighted by molar-refractivity contribution is 9.10. The summed E-state index contributed by atoms with van der Waals surface area (Å²) in [6, 6.07) is 3.47. The number of carbonyl (C=O) groups is 1. The maximum absolute atomic E-state index is 11.9. The molecule has 1 aromatic rings. The molecule has 1 fully saturated rings. The Morgan fingerprint density at radius 1 is 1.41 bits per heavy atom. The average Bonchev–Trinajstić information content (AvgIpc) is 2.32. The number of pyridine rings is 1. The minimum Gasteiger partial charge on any atom is -0.459 e. The van der Waals surface area contributed by atoms with E-state index in [9.17, 15) is 4.79 Å². The number of rotatable bonds is 2. The third-order valence-electron chi connectivity index (χ3n) is 3.22. The van der Waals surface area contributed by atoms with E-state index in [0.29, 0.717) is 10.2 Å². The molecule has 0 aromatic carbocycles. The van der Waals surface area contributed by atoms with Crippen LogP contribution in [0, 0.1) is 5.92 Å². The fraction of sp³-hybridized carbons (Fsp3) is 0.538. The minimum absolute atomic E-state index is 0.0748. The van der Waals surface area contributed by atoms with Gasteiger partial charge in [-0.25, -0.2) is 9.78 Å². The second-order valence-corrected chi connectivity index (χ2v) is 5.38. The SMILES string of the molecule is CC1CCC(OC(=O)c2cccnc2Br)CC1. The Balaban J connectivity index is 1.96. The lowest BCUT2D eigenvalue weighted by Crippen LogP contribution is -2.23. The van der Waals surface area contributed by atoms with Crippen molar-refractivity contribution >= 4 is 21.9 Å². The summed E-state index contributed by atoms with van der Waals surface area (Å²) in [7, 11) is 0. The monoisotopic (exact) mass is 297 g/mol. The van der Waals surface area contributed by atoms with Crippen molar-refractivity contribution in [3.63, 3.8) is 0 Å². The van der Waals surface area contributed by atoms with Crippen molar-refractivity contribution in [3.05, 3.63) is 28.5 Å². The van der Waals surface area contributed by atoms with E-state index < -0.39 is 0 Å². The summed E-state index contributed by atoms with van der Waals surface area (Å²) < 4.78 is 6.05. The maximum Gasteiger partial charge on any atom is 0.341 e. The molecule has 2 rings (SSSR count). The largest absolute Gasteiger partial charge is 0.459 e. The fourth-order valence-electron chi connectivity index (χ4n) is 2.10. The van der Waals surface area contributed by atoms with E-state index in [2.05, 4.69) is 27.8 Å². The van der Waals surface area contributed by atoms with E-state index in [-0.39, 0.29) is 12.1 Å². The number of carbonyl (C=O) groups excluding carboxylic acids is 1. The van der Waals surface area contributed by atoms with Crippen LogP contribution in [0.1, 0.15) is 43.0 Å². The second-order valence-electron chi connectivity index (χ2n) is 4.63. The van der Waals surface area contributed by atoms with Crippen LogP contribution >= 0.6 is 15.9 Å². The van der Waals surface area contributed by atoms with Gasteiger partial charge in [-0.2, -0.15) is 0 Å². The molecule has 0 amide bonds. The normalized spacial score (nSPS) is 24.4. The van der Waals surface area contributed by atoms with E-state index in [1.54, 1.807) is 18.3 Å². The van der Waals surface area contributed by atoms with Gasteiger partial charge in [-0.1, -0.05) is 6.92 Å². The molecular formula is C13H16BrNO2. The summed E-state index contributed by atoms with van der Waals surface area (Å²) in [6.07, 6.45) is 5.96. The molecule has 1 aliphatic rings. The van der Waals surface area contributed by atoms with Crippen molar-refractivity contribution in [1.82, 2.24) is 4.98 Å². The van der Waals surface area contributed by atoms with Crippen molar-refractivity contribution in [3.8, 4) is 0 Å². The molecule has 92 valence electrons. The Kier molecular flexibility index (Phi) is 4.15. The first-order valence-corrected chi connectivity index (χ1v) is 6.77. The highest BCUT2D eigenvalue weighted by Crippen LogP contribution is 2.26. The van der Waals surface area contributed by atoms with Gasteiger partial charge in [-0.05, 0) is 59.7 Å². The lowest BCUT2D eigenvalue weighted by Gasteiger charge is -2.26. The second kappa shape index (κ2) is 5.63. The predicted octanol–water partition coefficient (Wildman–Crippen LogP) is 3.58. The zero-order valence-electron chi connectivity index (χ0n) is 9.86. The van der Waals surface area contributed by atoms with Gasteiger partial charge in [0, 0.05) is 6.20 Å². The Hall–Kier alpha value is -0.900. The number of hydrogen-bond acceptors (Lipinski definition) is 3. The van der Waals surface area contributed by atoms with Crippen molar-refractivity contribution < 1.29 is 9.53 Å². The van der Waals surface area contributed by atoms with Gasteiger partial charge in [-0.3, -0.25) is 0 Å². The standard InChI is InChI=1S/C13H16BrNO2/c1-9-4-6-10(7-5-9)17-13(16)11-3-2-8-15-12(11)14/h2-3,8-10H,4-7H2,1H3. The molecule has 0 spiro atoms. The number of aromatic nitrogens is 1. The predicted molar refractivity (Wildman–Crippen MR) is 68.8 cm³/mol. The van der Waals surface area contributed by atoms with Crippen LogP contribution in [-0.2, 0) is 4.74 Å². The molecule has 0 saturated heterocycles. The molecule has 4 heteroatoms. The lowest BCUT2D eigenvalue weighted by atomic mass is 9.89. The van der Waals surface area contributed by atoms with E-state index >= 15 is 0 Å². The summed E-state index contributed by atoms with van der Waals surface area (Å²) in [6.45, 7) is 2.25. The van der Waals surface area contributed by atoms with Crippen LogP contribution in [0.5, 0.6) is 0 Å². The van der Waals surface area contributed by atoms with Crippen LogP contribution < -0.4 is 0 Å². The molecule has 3 nitrogen and oxygen atoms in total. The molecule has 0 atom stereocenters. The van der Waals surface area contributed by atoms with Crippen LogP contribution in [0.3, 0.4) is 0 Å². The number of esters is 1. The van der Waals surface area contributed by atoms with Gasteiger partial charge >= 0.3 is 5.97 Å². The van der Waals surface area contributed by atoms with Gasteiger partial charge in [0.15, 0.2) is 0 Å². The smallest absolute Gasteiger partial charge is 0.341 e. The number of ether oxygens (including phenoxy) is 1. The van der Waals surface area contributed by atoms with E-state index in [1.165, 1.54) is 0 Å². The molecule has 1 aliphatic carbocycles. The third kappa shape index (κ3) is 3.28. The molecule has 1 aromatic heterocycles. The third-order valence-corrected chi connectivity index (χ3v) is 3.85. The van der Waals surface area contributed by atoms with Crippen LogP contribution in [0.2, 0.25) is 0 Å². The van der Waals surface area contributed by atoms with Crippen molar-refractivity contribution in [2.75, 3.05) is 0 Å². The highest BCUT2D eigenvalue weighted by atomic mass is 79.9. The molecule has 0 radical (unpaired) electrons. The summed E-state index contributed by atoms with van der Waals surface area (Å²) in [5, 5.41) is 0. The minimum atomic E-state index is -0.274. The van der Waals surface area contributed by atoms with Gasteiger partial charge in [0.2, 0.25) is 0 Å². The molecule has 0 unspecified atom stereocenters. The zero-order valence-corrected chi connectivity index (χ0v) is 11.4. The van der Waals surface area contributed by atoms with Crippen LogP contribution in [0.15, 0.2) is 22.9 Å². The van der Waals surface area contributed by atoms with Gasteiger partial charge < -0.3 is 4.74 Å². The van der Waals surface area contributed by atoms with Gasteiger partial charge in [0.05, 0.1) is 5.56 Å². The fourth-order valence-corrected chi connectivity index (χ4v) is 2.51. The summed E-state index contributed by atoms with van der Waals surface area (Å²) >= 11 is 3.26. The zero-order chi connectivity index (χ0) is 12.3. The highest BCUT2D eigenvalue weighted by Gasteiger charge is 2.23. The summed E-state index contributed by atoms with van der Waals surface area (Å²) in [5.41, 5.74) is 0.506. The molecule has 1 saturated carbocycles. The van der Waals surface area contributed by atoms with Crippen molar-refractivity contribution in [2.24, 2.45) is 5.92 Å². The molecule has 17 heavy (non-hydrogen) atoms. The van der Waals surface area contributed by atoms with Crippen LogP contribution in [0.25, 0.3) is 0 Å². The Morgan fingerprint density at radius 2 is 2.12 bits per heavy atom. The lowest BCUT2D eigenvalue weighted by molar-refractivity contribution is 0.0172. The number of halogens is 1. The number of nitrogens with zero attached hydrogens (tertiary/aromatic N) is 1. The van der Waals surface area contributed by atoms with Crippen molar-refractivity contribution in [1.29, 1.82) is 0 Å². The topological polar surface area (TPSA) is 39.2 Å². The summed E-state index contributed by atoms with van der Waals surface area (Å²) in [5.74, 6) is 0.486. The first kappa shape index (κ1) is 12.6. The average molecular weight is 298 g/mol. The van der Waals surface area contributed by atoms with Gasteiger partial charge in [0.1, 0.15) is 10.7 Å². The van der Waals surface area contributed by atoms with Crippen molar-refractivity contribution in [2.45, 2.75) is 38.7 Å². The first-order valence-electron chi connectivity index (χ1n) is 5.98. The first-order chi connectivity index (χ1) is 8.16. The van der Waals surface area contributed by atoms with Crippen LogP contribution in [-0.4, -0.2) is 17.1 Å². The maximum atomic E-state index is 11.9. The number of hydrogen-bond donors (Lipinski definition) is 0. The quantitative estimate of drug-likeness (QED) is 0.619. The van der Waals surface area contributed by atoms with Gasteiger partial charge in [0.25, 0.3) is 0 Å². The summed E-state index contributed by atoms with van der Waals surface area (Å²) in [4.78, 5) is 15.9. The molecule has 1 heterocycles. The van der Waals surface area contributed by atoms with Crippen LogP contribution in [0.4, 0.5) is 0 Å². The molecule has 0 aliphatic heterocycles. The Labute approximate surface area is 110 Å². The Morgan fingerprint density at radius 3 is 2.76 bits per heavy atom.